The van der Waals surface area contributed by atoms with Gasteiger partial charge in [0.15, 0.2) is 0 Å². The second-order valence-electron chi connectivity index (χ2n) is 4.14. The first-order valence-corrected chi connectivity index (χ1v) is 6.68. The summed E-state index contributed by atoms with van der Waals surface area (Å²) in [4.78, 5) is 14.0. The van der Waals surface area contributed by atoms with E-state index in [0.717, 1.165) is 5.56 Å². The van der Waals surface area contributed by atoms with Crippen molar-refractivity contribution in [1.29, 1.82) is 0 Å². The number of hydrogen-bond acceptors (Lipinski definition) is 4. The van der Waals surface area contributed by atoms with Gasteiger partial charge >= 0.3 is 5.97 Å². The Labute approximate surface area is 114 Å². The lowest BCUT2D eigenvalue weighted by Gasteiger charge is -2.09. The fourth-order valence-corrected chi connectivity index (χ4v) is 2.69. The maximum absolute atomic E-state index is 11.3. The fourth-order valence-electron chi connectivity index (χ4n) is 1.92. The van der Waals surface area contributed by atoms with E-state index in [1.165, 1.54) is 17.2 Å². The minimum absolute atomic E-state index is 0.0994. The number of carbonyl (C=O) groups is 1. The van der Waals surface area contributed by atoms with Crippen LogP contribution in [-0.4, -0.2) is 19.1 Å². The number of methoxy groups -OCH3 is 1. The molecule has 98 valence electrons. The third kappa shape index (κ3) is 3.47. The Balaban J connectivity index is 2.15. The number of nitrogens with zero attached hydrogens (tertiary/aromatic N) is 3. The molecule has 1 heterocycles. The van der Waals surface area contributed by atoms with Crippen molar-refractivity contribution in [2.24, 2.45) is 5.11 Å². The average molecular weight is 275 g/mol. The van der Waals surface area contributed by atoms with Crippen LogP contribution in [0.4, 0.5) is 0 Å². The molecule has 0 aliphatic heterocycles. The van der Waals surface area contributed by atoms with E-state index in [-0.39, 0.29) is 12.4 Å². The van der Waals surface area contributed by atoms with Crippen LogP contribution in [0.25, 0.3) is 20.5 Å². The van der Waals surface area contributed by atoms with Crippen molar-refractivity contribution in [2.45, 2.75) is 18.9 Å². The van der Waals surface area contributed by atoms with E-state index in [0.29, 0.717) is 6.42 Å². The molecule has 0 bridgehead atoms. The standard InChI is InChI=1S/C13H13N3O2S/c1-18-13(17)8-11(15-16-14)7-9-2-3-12-10(6-9)4-5-19-12/h2-6,11H,7-8H2,1H3/t11-/m1/s1. The molecule has 1 aromatic carbocycles. The molecule has 0 fully saturated rings. The molecule has 0 radical (unpaired) electrons. The number of rotatable bonds is 5. The molecular formula is C13H13N3O2S. The monoisotopic (exact) mass is 275 g/mol. The summed E-state index contributed by atoms with van der Waals surface area (Å²) >= 11 is 1.68. The molecule has 2 rings (SSSR count). The minimum atomic E-state index is -0.409. The predicted molar refractivity (Wildman–Crippen MR) is 75.1 cm³/mol. The molecular weight excluding hydrogens is 262 g/mol. The summed E-state index contributed by atoms with van der Waals surface area (Å²) in [6.45, 7) is 0. The first kappa shape index (κ1) is 13.4. The van der Waals surface area contributed by atoms with Gasteiger partial charge in [0.2, 0.25) is 0 Å². The third-order valence-corrected chi connectivity index (χ3v) is 3.73. The Morgan fingerprint density at radius 3 is 3.11 bits per heavy atom. The number of azide groups is 1. The van der Waals surface area contributed by atoms with Crippen molar-refractivity contribution in [3.05, 3.63) is 45.7 Å². The van der Waals surface area contributed by atoms with Crippen LogP contribution in [0.5, 0.6) is 0 Å². The minimum Gasteiger partial charge on any atom is -0.469 e. The fraction of sp³-hybridized carbons (Fsp3) is 0.308. The highest BCUT2D eigenvalue weighted by atomic mass is 32.1. The zero-order chi connectivity index (χ0) is 13.7. The summed E-state index contributed by atoms with van der Waals surface area (Å²) in [5.74, 6) is -0.367. The van der Waals surface area contributed by atoms with Crippen molar-refractivity contribution in [1.82, 2.24) is 0 Å². The van der Waals surface area contributed by atoms with Crippen molar-refractivity contribution in [2.75, 3.05) is 7.11 Å². The molecule has 0 unspecified atom stereocenters. The molecule has 1 atom stereocenters. The van der Waals surface area contributed by atoms with E-state index in [1.807, 2.05) is 23.6 Å². The van der Waals surface area contributed by atoms with Crippen LogP contribution < -0.4 is 0 Å². The highest BCUT2D eigenvalue weighted by molar-refractivity contribution is 7.17. The summed E-state index contributed by atoms with van der Waals surface area (Å²) in [5.41, 5.74) is 9.60. The van der Waals surface area contributed by atoms with Crippen LogP contribution in [0.15, 0.2) is 34.8 Å². The maximum Gasteiger partial charge on any atom is 0.305 e. The number of hydrogen-bond donors (Lipinski definition) is 0. The quantitative estimate of drug-likeness (QED) is 0.361. The molecule has 19 heavy (non-hydrogen) atoms. The highest BCUT2D eigenvalue weighted by Gasteiger charge is 2.13. The lowest BCUT2D eigenvalue weighted by atomic mass is 10.0. The summed E-state index contributed by atoms with van der Waals surface area (Å²) in [6.07, 6.45) is 0.632. The van der Waals surface area contributed by atoms with Gasteiger partial charge in [-0.05, 0) is 40.4 Å². The molecule has 0 spiro atoms. The first-order chi connectivity index (χ1) is 9.22. The number of esters is 1. The van der Waals surface area contributed by atoms with Crippen LogP contribution in [-0.2, 0) is 16.0 Å². The number of benzene rings is 1. The van der Waals surface area contributed by atoms with Gasteiger partial charge in [0.05, 0.1) is 19.6 Å². The smallest absolute Gasteiger partial charge is 0.305 e. The van der Waals surface area contributed by atoms with Crippen molar-refractivity contribution < 1.29 is 9.53 Å². The van der Waals surface area contributed by atoms with Crippen molar-refractivity contribution in [3.63, 3.8) is 0 Å². The van der Waals surface area contributed by atoms with Gasteiger partial charge in [-0.15, -0.1) is 11.3 Å². The third-order valence-electron chi connectivity index (χ3n) is 2.83. The van der Waals surface area contributed by atoms with Crippen LogP contribution in [0, 0.1) is 0 Å². The molecule has 0 saturated heterocycles. The number of fused-ring (bicyclic) bond motifs is 1. The largest absolute Gasteiger partial charge is 0.469 e. The summed E-state index contributed by atoms with van der Waals surface area (Å²) in [5, 5.41) is 6.86. The molecule has 6 heteroatoms. The molecule has 1 aromatic heterocycles. The Morgan fingerprint density at radius 1 is 1.53 bits per heavy atom. The van der Waals surface area contributed by atoms with E-state index in [1.54, 1.807) is 11.3 Å². The Hall–Kier alpha value is -2.04. The van der Waals surface area contributed by atoms with Crippen molar-refractivity contribution in [3.8, 4) is 0 Å². The Bertz CT molecular complexity index is 632. The molecule has 0 aliphatic rings. The first-order valence-electron chi connectivity index (χ1n) is 5.80. The molecule has 0 aliphatic carbocycles. The summed E-state index contributed by atoms with van der Waals surface area (Å²) < 4.78 is 5.82. The Kier molecular flexibility index (Phi) is 4.39. The number of carbonyl (C=O) groups excluding carboxylic acids is 1. The van der Waals surface area contributed by atoms with Gasteiger partial charge in [0.1, 0.15) is 0 Å². The Morgan fingerprint density at radius 2 is 2.37 bits per heavy atom. The van der Waals surface area contributed by atoms with Crippen molar-refractivity contribution >= 4 is 27.4 Å². The second-order valence-corrected chi connectivity index (χ2v) is 5.08. The van der Waals surface area contributed by atoms with E-state index < -0.39 is 6.04 Å². The van der Waals surface area contributed by atoms with Gasteiger partial charge in [-0.25, -0.2) is 0 Å². The lowest BCUT2D eigenvalue weighted by molar-refractivity contribution is -0.140. The maximum atomic E-state index is 11.3. The highest BCUT2D eigenvalue weighted by Crippen LogP contribution is 2.23. The van der Waals surface area contributed by atoms with Crippen LogP contribution in [0.3, 0.4) is 0 Å². The topological polar surface area (TPSA) is 75.1 Å². The van der Waals surface area contributed by atoms with Crippen LogP contribution >= 0.6 is 11.3 Å². The van der Waals surface area contributed by atoms with Crippen LogP contribution in [0.1, 0.15) is 12.0 Å². The molecule has 2 aromatic rings. The zero-order valence-electron chi connectivity index (χ0n) is 10.4. The van der Waals surface area contributed by atoms with Gasteiger partial charge < -0.3 is 4.74 Å². The molecule has 0 saturated carbocycles. The average Bonchev–Trinajstić information content (AvgIpc) is 2.86. The van der Waals surface area contributed by atoms with E-state index in [2.05, 4.69) is 20.8 Å². The number of ether oxygens (including phenoxy) is 1. The van der Waals surface area contributed by atoms with E-state index in [4.69, 9.17) is 5.53 Å². The van der Waals surface area contributed by atoms with Gasteiger partial charge in [0.25, 0.3) is 0 Å². The summed E-state index contributed by atoms with van der Waals surface area (Å²) in [6, 6.07) is 7.74. The van der Waals surface area contributed by atoms with Crippen LogP contribution in [0.2, 0.25) is 0 Å². The lowest BCUT2D eigenvalue weighted by Crippen LogP contribution is -2.15. The van der Waals surface area contributed by atoms with Gasteiger partial charge in [-0.2, -0.15) is 0 Å². The van der Waals surface area contributed by atoms with E-state index in [9.17, 15) is 4.79 Å². The molecule has 0 amide bonds. The van der Waals surface area contributed by atoms with E-state index >= 15 is 0 Å². The molecule has 5 nitrogen and oxygen atoms in total. The second kappa shape index (κ2) is 6.22. The van der Waals surface area contributed by atoms with Gasteiger partial charge in [-0.1, -0.05) is 17.2 Å². The normalized spacial score (nSPS) is 11.8. The van der Waals surface area contributed by atoms with Gasteiger partial charge in [0, 0.05) is 9.61 Å². The summed E-state index contributed by atoms with van der Waals surface area (Å²) in [7, 11) is 1.33. The zero-order valence-corrected chi connectivity index (χ0v) is 11.3. The predicted octanol–water partition coefficient (Wildman–Crippen LogP) is 3.69. The number of thiophene rings is 1. The SMILES string of the molecule is COC(=O)C[C@@H](Cc1ccc2sccc2c1)N=[N+]=[N-]. The molecule has 0 N–H and O–H groups in total. The van der Waals surface area contributed by atoms with Gasteiger partial charge in [-0.3, -0.25) is 4.79 Å².